The maximum absolute atomic E-state index is 5.37. The van der Waals surface area contributed by atoms with Crippen LogP contribution >= 0.6 is 0 Å². The molecule has 1 heterocycles. The first kappa shape index (κ1) is 9.53. The number of nitrogens with zero attached hydrogens (tertiary/aromatic N) is 1. The van der Waals surface area contributed by atoms with Gasteiger partial charge < -0.3 is 9.64 Å². The highest BCUT2D eigenvalue weighted by Crippen LogP contribution is 2.32. The van der Waals surface area contributed by atoms with Gasteiger partial charge in [-0.1, -0.05) is 18.2 Å². The molecule has 2 nitrogen and oxygen atoms in total. The van der Waals surface area contributed by atoms with Crippen LogP contribution in [0.25, 0.3) is 0 Å². The van der Waals surface area contributed by atoms with Crippen LogP contribution in [0.2, 0.25) is 0 Å². The Balaban J connectivity index is 2.22. The third kappa shape index (κ3) is 1.75. The van der Waals surface area contributed by atoms with E-state index < -0.39 is 0 Å². The summed E-state index contributed by atoms with van der Waals surface area (Å²) in [4.78, 5) is 2.37. The molecule has 0 bridgehead atoms. The molecule has 14 heavy (non-hydrogen) atoms. The second kappa shape index (κ2) is 4.01. The van der Waals surface area contributed by atoms with Crippen LogP contribution in [0.15, 0.2) is 24.3 Å². The highest BCUT2D eigenvalue weighted by molar-refractivity contribution is 5.36. The summed E-state index contributed by atoms with van der Waals surface area (Å²) in [6.45, 7) is 2.35. The van der Waals surface area contributed by atoms with Crippen molar-refractivity contribution in [2.24, 2.45) is 0 Å². The number of likely N-dealkylation sites (N-methyl/N-ethyl adjacent to an activating group) is 1. The summed E-state index contributed by atoms with van der Waals surface area (Å²) >= 11 is 0. The van der Waals surface area contributed by atoms with Crippen molar-refractivity contribution >= 4 is 0 Å². The minimum atomic E-state index is 0.649. The van der Waals surface area contributed by atoms with E-state index in [9.17, 15) is 0 Å². The molecule has 1 aliphatic rings. The molecule has 0 aromatic heterocycles. The van der Waals surface area contributed by atoms with Crippen LogP contribution in [0.5, 0.6) is 5.75 Å². The fourth-order valence-corrected chi connectivity index (χ4v) is 2.19. The fraction of sp³-hybridized carbons (Fsp3) is 0.500. The summed E-state index contributed by atoms with van der Waals surface area (Å²) in [5.74, 6) is 1.68. The van der Waals surface area contributed by atoms with E-state index in [1.807, 2.05) is 12.1 Å². The van der Waals surface area contributed by atoms with Crippen molar-refractivity contribution in [2.45, 2.75) is 12.3 Å². The molecule has 1 aromatic rings. The third-order valence-corrected chi connectivity index (χ3v) is 2.97. The number of ether oxygens (including phenoxy) is 1. The van der Waals surface area contributed by atoms with Gasteiger partial charge in [-0.05, 0) is 31.6 Å². The number of rotatable bonds is 2. The SMILES string of the molecule is COc1ccccc1C1CCN(C)C1. The van der Waals surface area contributed by atoms with Gasteiger partial charge in [0.2, 0.25) is 0 Å². The van der Waals surface area contributed by atoms with Crippen molar-refractivity contribution in [3.8, 4) is 5.75 Å². The summed E-state index contributed by atoms with van der Waals surface area (Å²) in [7, 11) is 3.92. The molecular weight excluding hydrogens is 174 g/mol. The average Bonchev–Trinajstić information content (AvgIpc) is 2.65. The van der Waals surface area contributed by atoms with Gasteiger partial charge in [-0.15, -0.1) is 0 Å². The number of likely N-dealkylation sites (tertiary alicyclic amines) is 1. The highest BCUT2D eigenvalue weighted by Gasteiger charge is 2.23. The largest absolute Gasteiger partial charge is 0.496 e. The molecule has 1 unspecified atom stereocenters. The van der Waals surface area contributed by atoms with E-state index in [0.717, 1.165) is 12.3 Å². The lowest BCUT2D eigenvalue weighted by molar-refractivity contribution is 0.395. The maximum atomic E-state index is 5.37. The molecule has 1 fully saturated rings. The zero-order valence-electron chi connectivity index (χ0n) is 8.86. The number of para-hydroxylation sites is 1. The normalized spacial score (nSPS) is 22.6. The van der Waals surface area contributed by atoms with E-state index >= 15 is 0 Å². The van der Waals surface area contributed by atoms with E-state index in [0.29, 0.717) is 5.92 Å². The topological polar surface area (TPSA) is 12.5 Å². The van der Waals surface area contributed by atoms with Crippen molar-refractivity contribution < 1.29 is 4.74 Å². The number of methoxy groups -OCH3 is 1. The van der Waals surface area contributed by atoms with Gasteiger partial charge in [0.15, 0.2) is 0 Å². The lowest BCUT2D eigenvalue weighted by Crippen LogP contribution is -2.13. The van der Waals surface area contributed by atoms with Crippen molar-refractivity contribution in [2.75, 3.05) is 27.2 Å². The molecule has 0 N–H and O–H groups in total. The van der Waals surface area contributed by atoms with Crippen molar-refractivity contribution in [3.05, 3.63) is 29.8 Å². The van der Waals surface area contributed by atoms with Gasteiger partial charge in [0.1, 0.15) is 5.75 Å². The molecule has 2 heteroatoms. The Morgan fingerprint density at radius 1 is 1.36 bits per heavy atom. The van der Waals surface area contributed by atoms with Gasteiger partial charge in [0.05, 0.1) is 7.11 Å². The van der Waals surface area contributed by atoms with E-state index in [1.165, 1.54) is 18.5 Å². The molecule has 1 saturated heterocycles. The van der Waals surface area contributed by atoms with Crippen LogP contribution in [0.4, 0.5) is 0 Å². The number of hydrogen-bond acceptors (Lipinski definition) is 2. The Morgan fingerprint density at radius 3 is 2.79 bits per heavy atom. The number of hydrogen-bond donors (Lipinski definition) is 0. The molecule has 0 aliphatic carbocycles. The highest BCUT2D eigenvalue weighted by atomic mass is 16.5. The van der Waals surface area contributed by atoms with Crippen LogP contribution < -0.4 is 4.74 Å². The molecular formula is C12H17NO. The minimum Gasteiger partial charge on any atom is -0.496 e. The molecule has 1 atom stereocenters. The van der Waals surface area contributed by atoms with Gasteiger partial charge in [-0.25, -0.2) is 0 Å². The van der Waals surface area contributed by atoms with Crippen molar-refractivity contribution in [3.63, 3.8) is 0 Å². The summed E-state index contributed by atoms with van der Waals surface area (Å²) in [5.41, 5.74) is 1.36. The standard InChI is InChI=1S/C12H17NO/c1-13-8-7-10(9-13)11-5-3-4-6-12(11)14-2/h3-6,10H,7-9H2,1-2H3. The number of benzene rings is 1. The van der Waals surface area contributed by atoms with Crippen LogP contribution in [0, 0.1) is 0 Å². The molecule has 1 aliphatic heterocycles. The first-order valence-electron chi connectivity index (χ1n) is 5.12. The second-order valence-electron chi connectivity index (χ2n) is 3.99. The maximum Gasteiger partial charge on any atom is 0.122 e. The van der Waals surface area contributed by atoms with E-state index in [-0.39, 0.29) is 0 Å². The first-order valence-corrected chi connectivity index (χ1v) is 5.12. The van der Waals surface area contributed by atoms with Crippen molar-refractivity contribution in [1.29, 1.82) is 0 Å². The third-order valence-electron chi connectivity index (χ3n) is 2.97. The Labute approximate surface area is 85.5 Å². The van der Waals surface area contributed by atoms with Gasteiger partial charge >= 0.3 is 0 Å². The zero-order chi connectivity index (χ0) is 9.97. The lowest BCUT2D eigenvalue weighted by Gasteiger charge is -2.14. The van der Waals surface area contributed by atoms with Crippen LogP contribution in [0.1, 0.15) is 17.9 Å². The Bertz CT molecular complexity index is 311. The second-order valence-corrected chi connectivity index (χ2v) is 3.99. The van der Waals surface area contributed by atoms with Gasteiger partial charge in [0.25, 0.3) is 0 Å². The zero-order valence-corrected chi connectivity index (χ0v) is 8.86. The molecule has 2 rings (SSSR count). The molecule has 76 valence electrons. The molecule has 0 spiro atoms. The first-order chi connectivity index (χ1) is 6.81. The van der Waals surface area contributed by atoms with Gasteiger partial charge in [-0.3, -0.25) is 0 Å². The minimum absolute atomic E-state index is 0.649. The Morgan fingerprint density at radius 2 is 2.14 bits per heavy atom. The fourth-order valence-electron chi connectivity index (χ4n) is 2.19. The summed E-state index contributed by atoms with van der Waals surface area (Å²) in [6.07, 6.45) is 1.25. The predicted octanol–water partition coefficient (Wildman–Crippen LogP) is 2.11. The molecule has 0 amide bonds. The summed E-state index contributed by atoms with van der Waals surface area (Å²) in [5, 5.41) is 0. The average molecular weight is 191 g/mol. The van der Waals surface area contributed by atoms with E-state index in [2.05, 4.69) is 24.1 Å². The van der Waals surface area contributed by atoms with Crippen molar-refractivity contribution in [1.82, 2.24) is 4.90 Å². The summed E-state index contributed by atoms with van der Waals surface area (Å²) in [6, 6.07) is 8.35. The van der Waals surface area contributed by atoms with Gasteiger partial charge in [-0.2, -0.15) is 0 Å². The van der Waals surface area contributed by atoms with E-state index in [4.69, 9.17) is 4.74 Å². The van der Waals surface area contributed by atoms with E-state index in [1.54, 1.807) is 7.11 Å². The predicted molar refractivity (Wildman–Crippen MR) is 57.8 cm³/mol. The molecule has 1 aromatic carbocycles. The van der Waals surface area contributed by atoms with Crippen LogP contribution in [0.3, 0.4) is 0 Å². The smallest absolute Gasteiger partial charge is 0.122 e. The summed E-state index contributed by atoms with van der Waals surface area (Å²) < 4.78 is 5.37. The quantitative estimate of drug-likeness (QED) is 0.710. The van der Waals surface area contributed by atoms with Crippen LogP contribution in [-0.2, 0) is 0 Å². The lowest BCUT2D eigenvalue weighted by atomic mass is 9.97. The van der Waals surface area contributed by atoms with Crippen LogP contribution in [-0.4, -0.2) is 32.1 Å². The van der Waals surface area contributed by atoms with Gasteiger partial charge in [0, 0.05) is 12.5 Å². The Hall–Kier alpha value is -1.02. The molecule has 0 saturated carbocycles. The monoisotopic (exact) mass is 191 g/mol. The molecule has 0 radical (unpaired) electrons. The Kier molecular flexibility index (Phi) is 2.73.